The third-order valence-corrected chi connectivity index (χ3v) is 25.3. The van der Waals surface area contributed by atoms with E-state index in [-0.39, 0.29) is 0 Å². The van der Waals surface area contributed by atoms with Crippen LogP contribution < -0.4 is 0 Å². The summed E-state index contributed by atoms with van der Waals surface area (Å²) >= 11 is 0. The number of fused-ring (bicyclic) bond motifs is 28. The zero-order valence-corrected chi connectivity index (χ0v) is 61.2. The van der Waals surface area contributed by atoms with Crippen molar-refractivity contribution in [1.82, 2.24) is 9.13 Å². The summed E-state index contributed by atoms with van der Waals surface area (Å²) in [5.41, 5.74) is 43.2. The van der Waals surface area contributed by atoms with Crippen molar-refractivity contribution in [2.75, 3.05) is 0 Å². The van der Waals surface area contributed by atoms with Crippen molar-refractivity contribution < 1.29 is 0 Å². The molecule has 0 saturated carbocycles. The van der Waals surface area contributed by atoms with E-state index >= 15 is 0 Å². The van der Waals surface area contributed by atoms with Gasteiger partial charge in [0.15, 0.2) is 0 Å². The van der Waals surface area contributed by atoms with Gasteiger partial charge in [0.05, 0.1) is 32.9 Å². The Labute approximate surface area is 650 Å². The zero-order valence-electron chi connectivity index (χ0n) is 61.2. The molecule has 4 aliphatic carbocycles. The molecule has 2 spiro atoms. The molecule has 18 aromatic carbocycles. The molecule has 0 aliphatic heterocycles. The smallest absolute Gasteiger partial charge is 0.0726 e. The number of rotatable bonds is 9. The summed E-state index contributed by atoms with van der Waals surface area (Å²) < 4.78 is 5.21. The summed E-state index contributed by atoms with van der Waals surface area (Å²) in [6, 6.07) is 156. The van der Waals surface area contributed by atoms with E-state index in [9.17, 15) is 0 Å². The molecular formula is C110H68N2. The van der Waals surface area contributed by atoms with Crippen molar-refractivity contribution in [2.24, 2.45) is 0 Å². The largest absolute Gasteiger partial charge is 0.309 e. The average Bonchev–Trinajstić information content (AvgIpc) is 1.50. The maximum absolute atomic E-state index is 2.61. The molecule has 518 valence electrons. The molecule has 0 unspecified atom stereocenters. The Hall–Kier alpha value is -14.4. The number of nitrogens with zero attached hydrogens (tertiary/aromatic N) is 2. The molecule has 0 N–H and O–H groups in total. The van der Waals surface area contributed by atoms with Crippen molar-refractivity contribution in [3.8, 4) is 134 Å². The first-order valence-corrected chi connectivity index (χ1v) is 39.1. The molecular weight excluding hydrogens is 1350 g/mol. The van der Waals surface area contributed by atoms with E-state index in [1.165, 1.54) is 166 Å². The molecule has 0 fully saturated rings. The van der Waals surface area contributed by atoms with Gasteiger partial charge < -0.3 is 9.13 Å². The predicted octanol–water partition coefficient (Wildman–Crippen LogP) is 28.2. The number of benzene rings is 18. The quantitative estimate of drug-likeness (QED) is 0.136. The molecule has 0 saturated heterocycles. The van der Waals surface area contributed by atoms with Crippen molar-refractivity contribution in [1.29, 1.82) is 0 Å². The van der Waals surface area contributed by atoms with Crippen molar-refractivity contribution in [2.45, 2.75) is 10.8 Å². The van der Waals surface area contributed by atoms with E-state index in [0.717, 1.165) is 55.8 Å². The lowest BCUT2D eigenvalue weighted by molar-refractivity contribution is 0.794. The van der Waals surface area contributed by atoms with Crippen molar-refractivity contribution >= 4 is 43.6 Å². The van der Waals surface area contributed by atoms with E-state index < -0.39 is 10.8 Å². The van der Waals surface area contributed by atoms with Gasteiger partial charge in [0, 0.05) is 44.0 Å². The third-order valence-electron chi connectivity index (χ3n) is 25.3. The maximum atomic E-state index is 2.61. The standard InChI is InChI=1S/C110H68N2/c1-5-27-69(28-6-1)77-59-78(70-29-7-2-8-30-70)62-81(61-77)73-35-25-37-83(65-73)111-103-57-51-75(67-93(103)89-53-55-101-105(107(89)111)91-43-17-23-49-99(91)109(101)95-45-19-13-39-85(95)86-40-14-20-46-96(86)109)76-52-58-104-94(68-76)90-54-56-102-106(92-44-18-24-50-100(92)110(102)97-47-21-15-41-87(97)88-42-16-22-48-98(88)110)108(90)112(104)84-38-26-36-74(66-84)82-63-79(71-31-9-3-10-32-71)60-80(64-82)72-33-11-4-12-34-72/h1-68H. The monoisotopic (exact) mass is 1420 g/mol. The fourth-order valence-corrected chi connectivity index (χ4v) is 20.7. The van der Waals surface area contributed by atoms with Gasteiger partial charge in [0.25, 0.3) is 0 Å². The minimum absolute atomic E-state index is 0.530. The lowest BCUT2D eigenvalue weighted by Gasteiger charge is -2.30. The second-order valence-electron chi connectivity index (χ2n) is 30.8. The van der Waals surface area contributed by atoms with Crippen LogP contribution in [0, 0.1) is 0 Å². The topological polar surface area (TPSA) is 9.86 Å². The van der Waals surface area contributed by atoms with Crippen LogP contribution >= 0.6 is 0 Å². The fourth-order valence-electron chi connectivity index (χ4n) is 20.7. The molecule has 2 aromatic heterocycles. The molecule has 20 aromatic rings. The molecule has 0 atom stereocenters. The van der Waals surface area contributed by atoms with Crippen LogP contribution in [0.25, 0.3) is 177 Å². The molecule has 4 aliphatic rings. The van der Waals surface area contributed by atoms with Crippen molar-refractivity contribution in [3.05, 3.63) is 457 Å². The summed E-state index contributed by atoms with van der Waals surface area (Å²) in [4.78, 5) is 0. The minimum Gasteiger partial charge on any atom is -0.309 e. The van der Waals surface area contributed by atoms with Crippen LogP contribution in [-0.4, -0.2) is 9.13 Å². The highest BCUT2D eigenvalue weighted by Crippen LogP contribution is 2.67. The van der Waals surface area contributed by atoms with Gasteiger partial charge >= 0.3 is 0 Å². The van der Waals surface area contributed by atoms with Crippen LogP contribution in [0.1, 0.15) is 44.5 Å². The summed E-state index contributed by atoms with van der Waals surface area (Å²) in [5.74, 6) is 0. The van der Waals surface area contributed by atoms with Gasteiger partial charge in [-0.15, -0.1) is 0 Å². The Morgan fingerprint density at radius 1 is 0.152 bits per heavy atom. The number of hydrogen-bond donors (Lipinski definition) is 0. The number of hydrogen-bond acceptors (Lipinski definition) is 0. The second-order valence-corrected chi connectivity index (χ2v) is 30.8. The Kier molecular flexibility index (Phi) is 13.4. The molecule has 0 radical (unpaired) electrons. The Morgan fingerprint density at radius 3 is 0.732 bits per heavy atom. The zero-order chi connectivity index (χ0) is 73.3. The molecule has 24 rings (SSSR count). The fraction of sp³-hybridized carbons (Fsp3) is 0.0182. The molecule has 2 heteroatoms. The first-order chi connectivity index (χ1) is 55.5. The normalized spacial score (nSPS) is 13.3. The Morgan fingerprint density at radius 2 is 0.411 bits per heavy atom. The highest BCUT2D eigenvalue weighted by Gasteiger charge is 2.54. The lowest BCUT2D eigenvalue weighted by Crippen LogP contribution is -2.25. The lowest BCUT2D eigenvalue weighted by atomic mass is 9.70. The maximum Gasteiger partial charge on any atom is 0.0726 e. The van der Waals surface area contributed by atoms with E-state index in [1.807, 2.05) is 0 Å². The molecule has 2 heterocycles. The first-order valence-electron chi connectivity index (χ1n) is 39.1. The minimum atomic E-state index is -0.530. The summed E-state index contributed by atoms with van der Waals surface area (Å²) in [7, 11) is 0. The summed E-state index contributed by atoms with van der Waals surface area (Å²) in [5, 5.41) is 4.83. The van der Waals surface area contributed by atoms with Crippen LogP contribution in [0.5, 0.6) is 0 Å². The van der Waals surface area contributed by atoms with Gasteiger partial charge in [-0.3, -0.25) is 0 Å². The number of aromatic nitrogens is 2. The van der Waals surface area contributed by atoms with E-state index in [0.29, 0.717) is 0 Å². The molecule has 2 nitrogen and oxygen atoms in total. The van der Waals surface area contributed by atoms with Crippen LogP contribution in [0.4, 0.5) is 0 Å². The Bertz CT molecular complexity index is 6710. The predicted molar refractivity (Wildman–Crippen MR) is 466 cm³/mol. The van der Waals surface area contributed by atoms with Crippen molar-refractivity contribution in [3.63, 3.8) is 0 Å². The van der Waals surface area contributed by atoms with E-state index in [4.69, 9.17) is 0 Å². The van der Waals surface area contributed by atoms with Crippen LogP contribution in [-0.2, 0) is 10.8 Å². The van der Waals surface area contributed by atoms with E-state index in [1.54, 1.807) is 0 Å². The van der Waals surface area contributed by atoms with Crippen LogP contribution in [0.2, 0.25) is 0 Å². The molecule has 112 heavy (non-hydrogen) atoms. The molecule has 0 amide bonds. The van der Waals surface area contributed by atoms with Gasteiger partial charge in [0.1, 0.15) is 0 Å². The van der Waals surface area contributed by atoms with Crippen LogP contribution in [0.15, 0.2) is 413 Å². The Balaban J connectivity index is 0.745. The molecule has 0 bridgehead atoms. The van der Waals surface area contributed by atoms with E-state index in [2.05, 4.69) is 422 Å². The highest BCUT2D eigenvalue weighted by molar-refractivity contribution is 6.20. The average molecular weight is 1420 g/mol. The van der Waals surface area contributed by atoms with Gasteiger partial charge in [-0.2, -0.15) is 0 Å². The van der Waals surface area contributed by atoms with Gasteiger partial charge in [0.2, 0.25) is 0 Å². The summed E-state index contributed by atoms with van der Waals surface area (Å²) in [6.45, 7) is 0. The van der Waals surface area contributed by atoms with Gasteiger partial charge in [-0.25, -0.2) is 0 Å². The third kappa shape index (κ3) is 8.80. The second kappa shape index (κ2) is 24.0. The van der Waals surface area contributed by atoms with Gasteiger partial charge in [-0.05, 0) is 241 Å². The van der Waals surface area contributed by atoms with Gasteiger partial charge in [-0.1, -0.05) is 328 Å². The first kappa shape index (κ1) is 62.6. The highest BCUT2D eigenvalue weighted by atomic mass is 15.0. The van der Waals surface area contributed by atoms with Crippen LogP contribution in [0.3, 0.4) is 0 Å². The summed E-state index contributed by atoms with van der Waals surface area (Å²) in [6.07, 6.45) is 0. The SMILES string of the molecule is c1ccc(-c2cc(-c3ccccc3)cc(-c3cccc(-n4c5ccc(-c6ccc7c(c6)c6ccc8c(c6n7-c6cccc(-c7cc(-c9ccccc9)cc(-c9ccccc9)c7)c6)-c6ccccc6C86c7ccccc7-c7ccccc76)cc5c5ccc6c(c54)-c4ccccc4C64c5ccccc5-c5ccccc54)c3)c2)cc1.